The second kappa shape index (κ2) is 6.49. The van der Waals surface area contributed by atoms with Gasteiger partial charge < -0.3 is 15.2 Å². The molecule has 1 saturated heterocycles. The van der Waals surface area contributed by atoms with Crippen molar-refractivity contribution >= 4 is 9.84 Å². The van der Waals surface area contributed by atoms with Gasteiger partial charge in [-0.15, -0.1) is 0 Å². The van der Waals surface area contributed by atoms with E-state index in [1.54, 1.807) is 14.2 Å². The van der Waals surface area contributed by atoms with E-state index >= 15 is 0 Å². The fourth-order valence-corrected chi connectivity index (χ4v) is 4.29. The van der Waals surface area contributed by atoms with Crippen LogP contribution in [0.1, 0.15) is 19.8 Å². The maximum Gasteiger partial charge on any atom is 0.158 e. The molecule has 1 fully saturated rings. The summed E-state index contributed by atoms with van der Waals surface area (Å²) in [5.74, 6) is 0.477. The number of hydrogen-bond donors (Lipinski definition) is 1. The van der Waals surface area contributed by atoms with Crippen molar-refractivity contribution in [2.45, 2.75) is 37.6 Å². The van der Waals surface area contributed by atoms with Crippen molar-refractivity contribution in [1.82, 2.24) is 4.90 Å². The SMILES string of the molecule is COC(CC(C)(CN)N(C)C1CCS(=O)(=O)C1)OC. The average Bonchev–Trinajstić information content (AvgIpc) is 2.75. The van der Waals surface area contributed by atoms with E-state index in [0.29, 0.717) is 19.4 Å². The quantitative estimate of drug-likeness (QED) is 0.657. The Balaban J connectivity index is 2.77. The molecule has 19 heavy (non-hydrogen) atoms. The molecule has 0 bridgehead atoms. The van der Waals surface area contributed by atoms with E-state index in [2.05, 4.69) is 4.90 Å². The van der Waals surface area contributed by atoms with Crippen LogP contribution < -0.4 is 5.73 Å². The molecule has 7 heteroatoms. The summed E-state index contributed by atoms with van der Waals surface area (Å²) in [6, 6.07) is 0.0212. The van der Waals surface area contributed by atoms with Crippen molar-refractivity contribution in [3.05, 3.63) is 0 Å². The molecule has 1 heterocycles. The van der Waals surface area contributed by atoms with Gasteiger partial charge in [-0.2, -0.15) is 0 Å². The maximum atomic E-state index is 11.6. The first-order valence-electron chi connectivity index (χ1n) is 6.47. The van der Waals surface area contributed by atoms with Gasteiger partial charge in [0.05, 0.1) is 11.5 Å². The molecule has 2 atom stereocenters. The molecule has 1 rings (SSSR count). The van der Waals surface area contributed by atoms with E-state index in [4.69, 9.17) is 15.2 Å². The third-order valence-electron chi connectivity index (χ3n) is 4.18. The second-order valence-electron chi connectivity index (χ2n) is 5.47. The van der Waals surface area contributed by atoms with Crippen LogP contribution in [0.3, 0.4) is 0 Å². The predicted molar refractivity (Wildman–Crippen MR) is 74.7 cm³/mol. The Morgan fingerprint density at radius 2 is 2.00 bits per heavy atom. The summed E-state index contributed by atoms with van der Waals surface area (Å²) >= 11 is 0. The minimum Gasteiger partial charge on any atom is -0.356 e. The number of nitrogens with zero attached hydrogens (tertiary/aromatic N) is 1. The first kappa shape index (κ1) is 16.8. The van der Waals surface area contributed by atoms with Crippen LogP contribution in [0.4, 0.5) is 0 Å². The minimum absolute atomic E-state index is 0.0212. The topological polar surface area (TPSA) is 81.9 Å². The number of hydrogen-bond acceptors (Lipinski definition) is 6. The maximum absolute atomic E-state index is 11.6. The summed E-state index contributed by atoms with van der Waals surface area (Å²) in [5, 5.41) is 0. The van der Waals surface area contributed by atoms with Gasteiger partial charge >= 0.3 is 0 Å². The molecule has 0 aliphatic carbocycles. The number of likely N-dealkylation sites (N-methyl/N-ethyl adjacent to an activating group) is 1. The van der Waals surface area contributed by atoms with Crippen LogP contribution in [0.25, 0.3) is 0 Å². The third-order valence-corrected chi connectivity index (χ3v) is 5.93. The predicted octanol–water partition coefficient (Wildman–Crippen LogP) is -0.168. The molecule has 6 nitrogen and oxygen atoms in total. The Bertz CT molecular complexity index is 383. The number of methoxy groups -OCH3 is 2. The number of ether oxygens (including phenoxy) is 2. The Morgan fingerprint density at radius 1 is 1.42 bits per heavy atom. The molecular weight excluding hydrogens is 268 g/mol. The molecule has 2 N–H and O–H groups in total. The molecule has 0 amide bonds. The summed E-state index contributed by atoms with van der Waals surface area (Å²) < 4.78 is 33.6. The van der Waals surface area contributed by atoms with Gasteiger partial charge in [0, 0.05) is 38.8 Å². The normalized spacial score (nSPS) is 25.9. The number of sulfone groups is 1. The summed E-state index contributed by atoms with van der Waals surface area (Å²) in [7, 11) is 2.21. The van der Waals surface area contributed by atoms with Gasteiger partial charge in [-0.1, -0.05) is 0 Å². The Kier molecular flexibility index (Phi) is 5.76. The highest BCUT2D eigenvalue weighted by atomic mass is 32.2. The van der Waals surface area contributed by atoms with Crippen LogP contribution in [0.5, 0.6) is 0 Å². The van der Waals surface area contributed by atoms with Gasteiger partial charge in [0.1, 0.15) is 0 Å². The van der Waals surface area contributed by atoms with E-state index in [-0.39, 0.29) is 29.4 Å². The highest BCUT2D eigenvalue weighted by molar-refractivity contribution is 7.91. The zero-order valence-electron chi connectivity index (χ0n) is 12.3. The van der Waals surface area contributed by atoms with Gasteiger partial charge in [-0.25, -0.2) is 8.42 Å². The molecule has 0 spiro atoms. The van der Waals surface area contributed by atoms with Crippen LogP contribution >= 0.6 is 0 Å². The molecule has 0 saturated carbocycles. The minimum atomic E-state index is -2.89. The Labute approximate surface area is 116 Å². The zero-order valence-corrected chi connectivity index (χ0v) is 13.1. The van der Waals surface area contributed by atoms with E-state index in [9.17, 15) is 8.42 Å². The zero-order chi connectivity index (χ0) is 14.7. The van der Waals surface area contributed by atoms with Crippen molar-refractivity contribution in [2.75, 3.05) is 39.3 Å². The second-order valence-corrected chi connectivity index (χ2v) is 7.70. The van der Waals surface area contributed by atoms with Gasteiger partial charge in [0.2, 0.25) is 0 Å². The van der Waals surface area contributed by atoms with E-state index in [0.717, 1.165) is 0 Å². The summed E-state index contributed by atoms with van der Waals surface area (Å²) in [6.07, 6.45) is 0.928. The van der Waals surface area contributed by atoms with Crippen LogP contribution in [0.2, 0.25) is 0 Å². The monoisotopic (exact) mass is 294 g/mol. The van der Waals surface area contributed by atoms with Crippen molar-refractivity contribution in [2.24, 2.45) is 5.73 Å². The van der Waals surface area contributed by atoms with Crippen molar-refractivity contribution in [1.29, 1.82) is 0 Å². The number of rotatable bonds is 7. The molecule has 0 aromatic rings. The van der Waals surface area contributed by atoms with Gasteiger partial charge in [0.15, 0.2) is 16.1 Å². The molecule has 114 valence electrons. The molecule has 2 unspecified atom stereocenters. The van der Waals surface area contributed by atoms with Crippen molar-refractivity contribution in [3.8, 4) is 0 Å². The fraction of sp³-hybridized carbons (Fsp3) is 1.00. The largest absolute Gasteiger partial charge is 0.356 e. The molecule has 0 aromatic heterocycles. The van der Waals surface area contributed by atoms with E-state index in [1.807, 2.05) is 14.0 Å². The van der Waals surface area contributed by atoms with Crippen molar-refractivity contribution in [3.63, 3.8) is 0 Å². The highest BCUT2D eigenvalue weighted by Gasteiger charge is 2.39. The molecule has 1 aliphatic heterocycles. The standard InChI is InChI=1S/C12H26N2O4S/c1-12(9-13,7-11(17-3)18-4)14(2)10-5-6-19(15,16)8-10/h10-11H,5-9,13H2,1-4H3. The van der Waals surface area contributed by atoms with E-state index < -0.39 is 9.84 Å². The van der Waals surface area contributed by atoms with Crippen LogP contribution in [0, 0.1) is 0 Å². The lowest BCUT2D eigenvalue weighted by atomic mass is 9.93. The lowest BCUT2D eigenvalue weighted by Crippen LogP contribution is -2.56. The van der Waals surface area contributed by atoms with Crippen molar-refractivity contribution < 1.29 is 17.9 Å². The van der Waals surface area contributed by atoms with E-state index in [1.165, 1.54) is 0 Å². The lowest BCUT2D eigenvalue weighted by Gasteiger charge is -2.42. The Hall–Kier alpha value is -0.210. The molecule has 1 aliphatic rings. The van der Waals surface area contributed by atoms with Gasteiger partial charge in [0.25, 0.3) is 0 Å². The third kappa shape index (κ3) is 4.13. The molecular formula is C12H26N2O4S. The molecule has 0 radical (unpaired) electrons. The highest BCUT2D eigenvalue weighted by Crippen LogP contribution is 2.27. The number of nitrogens with two attached hydrogens (primary N) is 1. The smallest absolute Gasteiger partial charge is 0.158 e. The molecule has 0 aromatic carbocycles. The van der Waals surface area contributed by atoms with Crippen LogP contribution in [0.15, 0.2) is 0 Å². The average molecular weight is 294 g/mol. The van der Waals surface area contributed by atoms with Gasteiger partial charge in [-0.3, -0.25) is 4.90 Å². The fourth-order valence-electron chi connectivity index (χ4n) is 2.51. The van der Waals surface area contributed by atoms with Crippen LogP contribution in [-0.2, 0) is 19.3 Å². The summed E-state index contributed by atoms with van der Waals surface area (Å²) in [4.78, 5) is 2.07. The Morgan fingerprint density at radius 3 is 2.37 bits per heavy atom. The summed E-state index contributed by atoms with van der Waals surface area (Å²) in [5.41, 5.74) is 5.55. The summed E-state index contributed by atoms with van der Waals surface area (Å²) in [6.45, 7) is 2.44. The first-order chi connectivity index (χ1) is 8.78. The van der Waals surface area contributed by atoms with Gasteiger partial charge in [-0.05, 0) is 20.4 Å². The first-order valence-corrected chi connectivity index (χ1v) is 8.29. The lowest BCUT2D eigenvalue weighted by molar-refractivity contribution is -0.129. The van der Waals surface area contributed by atoms with Crippen LogP contribution in [-0.4, -0.2) is 70.5 Å².